The van der Waals surface area contributed by atoms with Crippen molar-refractivity contribution in [3.05, 3.63) is 72.3 Å². The normalized spacial score (nSPS) is 15.3. The highest BCUT2D eigenvalue weighted by atomic mass is 31.2. The number of fused-ring (bicyclic) bond motifs is 3. The van der Waals surface area contributed by atoms with Crippen LogP contribution < -0.4 is 19.1 Å². The Morgan fingerprint density at radius 3 is 2.30 bits per heavy atom. The van der Waals surface area contributed by atoms with Crippen LogP contribution in [0.3, 0.4) is 0 Å². The molecule has 3 nitrogen and oxygen atoms in total. The first-order valence-corrected chi connectivity index (χ1v) is 10.2. The maximum Gasteiger partial charge on any atom is 0.326 e. The standard InChI is InChI=1S/C23H23O3P/c1-23(2,3)19-15-16(24-4)13-14-21(19)26-27-22-12-8-6-10-18(22)17-9-5-7-11-20(17)25-27/h5-15H,1-4H3. The zero-order chi connectivity index (χ0) is 19.0. The van der Waals surface area contributed by atoms with Crippen molar-refractivity contribution in [1.29, 1.82) is 0 Å². The van der Waals surface area contributed by atoms with Crippen LogP contribution in [0.4, 0.5) is 0 Å². The van der Waals surface area contributed by atoms with Gasteiger partial charge in [-0.3, -0.25) is 0 Å². The van der Waals surface area contributed by atoms with E-state index in [2.05, 4.69) is 51.1 Å². The molecule has 3 aromatic rings. The Balaban J connectivity index is 1.76. The van der Waals surface area contributed by atoms with Crippen LogP contribution in [0.15, 0.2) is 66.7 Å². The molecule has 0 bridgehead atoms. The first kappa shape index (κ1) is 17.9. The lowest BCUT2D eigenvalue weighted by molar-refractivity contribution is 0.410. The van der Waals surface area contributed by atoms with E-state index in [0.29, 0.717) is 0 Å². The van der Waals surface area contributed by atoms with Gasteiger partial charge >= 0.3 is 8.38 Å². The zero-order valence-electron chi connectivity index (χ0n) is 16.0. The van der Waals surface area contributed by atoms with Gasteiger partial charge in [-0.25, -0.2) is 0 Å². The van der Waals surface area contributed by atoms with E-state index in [4.69, 9.17) is 13.8 Å². The molecule has 1 aliphatic rings. The first-order chi connectivity index (χ1) is 13.0. The van der Waals surface area contributed by atoms with Crippen LogP contribution in [-0.4, -0.2) is 7.11 Å². The lowest BCUT2D eigenvalue weighted by Gasteiger charge is -2.29. The molecule has 0 N–H and O–H groups in total. The van der Waals surface area contributed by atoms with Crippen LogP contribution in [-0.2, 0) is 5.41 Å². The van der Waals surface area contributed by atoms with Gasteiger partial charge in [0.25, 0.3) is 0 Å². The largest absolute Gasteiger partial charge is 0.497 e. The quantitative estimate of drug-likeness (QED) is 0.518. The lowest BCUT2D eigenvalue weighted by atomic mass is 9.86. The summed E-state index contributed by atoms with van der Waals surface area (Å²) in [6.07, 6.45) is 0. The second kappa shape index (κ2) is 6.90. The number of methoxy groups -OCH3 is 1. The van der Waals surface area contributed by atoms with Crippen molar-refractivity contribution in [1.82, 2.24) is 0 Å². The fourth-order valence-electron chi connectivity index (χ4n) is 3.23. The zero-order valence-corrected chi connectivity index (χ0v) is 16.9. The Hall–Kier alpha value is -2.51. The maximum atomic E-state index is 6.48. The summed E-state index contributed by atoms with van der Waals surface area (Å²) >= 11 is 0. The van der Waals surface area contributed by atoms with E-state index in [1.54, 1.807) is 7.11 Å². The van der Waals surface area contributed by atoms with Crippen molar-refractivity contribution < 1.29 is 13.8 Å². The van der Waals surface area contributed by atoms with Crippen molar-refractivity contribution in [2.24, 2.45) is 0 Å². The van der Waals surface area contributed by atoms with Crippen molar-refractivity contribution in [2.45, 2.75) is 26.2 Å². The van der Waals surface area contributed by atoms with Crippen LogP contribution in [0.2, 0.25) is 0 Å². The average Bonchev–Trinajstić information content (AvgIpc) is 2.67. The van der Waals surface area contributed by atoms with E-state index < -0.39 is 8.38 Å². The summed E-state index contributed by atoms with van der Waals surface area (Å²) in [4.78, 5) is 0. The molecule has 0 saturated carbocycles. The molecule has 1 unspecified atom stereocenters. The third-order valence-electron chi connectivity index (χ3n) is 4.64. The Bertz CT molecular complexity index is 975. The van der Waals surface area contributed by atoms with Gasteiger partial charge in [0, 0.05) is 11.1 Å². The van der Waals surface area contributed by atoms with Crippen LogP contribution >= 0.6 is 8.38 Å². The smallest absolute Gasteiger partial charge is 0.326 e. The summed E-state index contributed by atoms with van der Waals surface area (Å²) in [6.45, 7) is 6.52. The van der Waals surface area contributed by atoms with Gasteiger partial charge in [-0.05, 0) is 41.3 Å². The lowest BCUT2D eigenvalue weighted by Crippen LogP contribution is -2.19. The molecule has 0 radical (unpaired) electrons. The average molecular weight is 378 g/mol. The van der Waals surface area contributed by atoms with Gasteiger partial charge in [-0.2, -0.15) is 0 Å². The van der Waals surface area contributed by atoms with E-state index in [1.807, 2.05) is 36.4 Å². The highest BCUT2D eigenvalue weighted by molar-refractivity contribution is 7.57. The van der Waals surface area contributed by atoms with Crippen molar-refractivity contribution >= 4 is 13.7 Å². The summed E-state index contributed by atoms with van der Waals surface area (Å²) < 4.78 is 18.2. The number of ether oxygens (including phenoxy) is 1. The maximum absolute atomic E-state index is 6.48. The van der Waals surface area contributed by atoms with E-state index in [-0.39, 0.29) is 5.41 Å². The minimum Gasteiger partial charge on any atom is -0.497 e. The molecule has 4 heteroatoms. The minimum atomic E-state index is -1.27. The molecule has 27 heavy (non-hydrogen) atoms. The molecule has 3 aromatic carbocycles. The van der Waals surface area contributed by atoms with Gasteiger partial charge in [0.05, 0.1) is 12.4 Å². The molecule has 0 fully saturated rings. The topological polar surface area (TPSA) is 27.7 Å². The summed E-state index contributed by atoms with van der Waals surface area (Å²) in [5, 5.41) is 1.10. The van der Waals surface area contributed by atoms with E-state index in [1.165, 1.54) is 5.56 Å². The number of rotatable bonds is 3. The molecular weight excluding hydrogens is 355 g/mol. The summed E-state index contributed by atoms with van der Waals surface area (Å²) in [6, 6.07) is 22.4. The van der Waals surface area contributed by atoms with Crippen molar-refractivity contribution in [3.63, 3.8) is 0 Å². The van der Waals surface area contributed by atoms with Crippen LogP contribution in [0, 0.1) is 0 Å². The molecule has 0 saturated heterocycles. The molecule has 4 rings (SSSR count). The van der Waals surface area contributed by atoms with Crippen molar-refractivity contribution in [3.8, 4) is 28.4 Å². The van der Waals surface area contributed by atoms with Gasteiger partial charge in [-0.15, -0.1) is 0 Å². The second-order valence-electron chi connectivity index (χ2n) is 7.57. The van der Waals surface area contributed by atoms with Gasteiger partial charge in [-0.1, -0.05) is 57.2 Å². The molecule has 0 aromatic heterocycles. The Kier molecular flexibility index (Phi) is 4.57. The fraction of sp³-hybridized carbons (Fsp3) is 0.217. The van der Waals surface area contributed by atoms with Crippen LogP contribution in [0.5, 0.6) is 17.2 Å². The molecule has 0 spiro atoms. The highest BCUT2D eigenvalue weighted by Crippen LogP contribution is 2.50. The number of hydrogen-bond donors (Lipinski definition) is 0. The fourth-order valence-corrected chi connectivity index (χ4v) is 4.74. The van der Waals surface area contributed by atoms with Crippen LogP contribution in [0.1, 0.15) is 26.3 Å². The Morgan fingerprint density at radius 1 is 0.852 bits per heavy atom. The van der Waals surface area contributed by atoms with Gasteiger partial charge in [0.2, 0.25) is 0 Å². The minimum absolute atomic E-state index is 0.0770. The van der Waals surface area contributed by atoms with Gasteiger partial charge in [0.15, 0.2) is 0 Å². The number of hydrogen-bond acceptors (Lipinski definition) is 3. The third-order valence-corrected chi connectivity index (χ3v) is 6.14. The molecule has 0 amide bonds. The number of benzene rings is 3. The molecule has 1 heterocycles. The van der Waals surface area contributed by atoms with Crippen molar-refractivity contribution in [2.75, 3.05) is 7.11 Å². The SMILES string of the molecule is COc1ccc(OP2Oc3ccccc3-c3ccccc32)c(C(C)(C)C)c1. The van der Waals surface area contributed by atoms with E-state index >= 15 is 0 Å². The summed E-state index contributed by atoms with van der Waals surface area (Å²) in [5.41, 5.74) is 3.31. The first-order valence-electron chi connectivity index (χ1n) is 9.00. The Labute approximate surface area is 161 Å². The van der Waals surface area contributed by atoms with Crippen LogP contribution in [0.25, 0.3) is 11.1 Å². The number of para-hydroxylation sites is 1. The monoisotopic (exact) mass is 378 g/mol. The van der Waals surface area contributed by atoms with E-state index in [0.717, 1.165) is 33.7 Å². The predicted octanol–water partition coefficient (Wildman–Crippen LogP) is 6.07. The third kappa shape index (κ3) is 3.40. The predicted molar refractivity (Wildman–Crippen MR) is 111 cm³/mol. The molecule has 1 atom stereocenters. The Morgan fingerprint density at radius 2 is 1.56 bits per heavy atom. The second-order valence-corrected chi connectivity index (χ2v) is 8.93. The molecule has 0 aliphatic carbocycles. The molecular formula is C23H23O3P. The van der Waals surface area contributed by atoms with E-state index in [9.17, 15) is 0 Å². The molecule has 138 valence electrons. The summed E-state index contributed by atoms with van der Waals surface area (Å²) in [5.74, 6) is 2.53. The van der Waals surface area contributed by atoms with Gasteiger partial charge in [0.1, 0.15) is 17.2 Å². The summed E-state index contributed by atoms with van der Waals surface area (Å²) in [7, 11) is 0.416. The highest BCUT2D eigenvalue weighted by Gasteiger charge is 2.30. The molecule has 1 aliphatic heterocycles. The van der Waals surface area contributed by atoms with Gasteiger partial charge < -0.3 is 13.8 Å².